The van der Waals surface area contributed by atoms with E-state index in [4.69, 9.17) is 16.3 Å². The lowest BCUT2D eigenvalue weighted by molar-refractivity contribution is -0.127. The summed E-state index contributed by atoms with van der Waals surface area (Å²) >= 11 is 5.85. The molecule has 0 spiro atoms. The Balaban J connectivity index is 2.61. The third-order valence-electron chi connectivity index (χ3n) is 2.36. The van der Waals surface area contributed by atoms with Crippen molar-refractivity contribution in [1.29, 1.82) is 0 Å². The molecule has 1 amide bonds. The molecule has 0 radical (unpaired) electrons. The fraction of sp³-hybridized carbons (Fsp3) is 0.462. The Morgan fingerprint density at radius 2 is 2.24 bits per heavy atom. The van der Waals surface area contributed by atoms with Gasteiger partial charge in [-0.1, -0.05) is 18.5 Å². The number of nitrogens with one attached hydrogen (secondary N) is 1. The minimum absolute atomic E-state index is 0.0961. The molecule has 94 valence electrons. The zero-order valence-electron chi connectivity index (χ0n) is 10.4. The molecule has 3 nitrogen and oxygen atoms in total. The lowest BCUT2D eigenvalue weighted by atomic mass is 10.2. The van der Waals surface area contributed by atoms with Crippen molar-refractivity contribution in [3.05, 3.63) is 28.8 Å². The number of rotatable bonds is 5. The number of ether oxygens (including phenoxy) is 1. The third kappa shape index (κ3) is 4.27. The van der Waals surface area contributed by atoms with Crippen molar-refractivity contribution in [3.63, 3.8) is 0 Å². The van der Waals surface area contributed by atoms with Gasteiger partial charge in [-0.05, 0) is 44.0 Å². The maximum atomic E-state index is 11.6. The van der Waals surface area contributed by atoms with Gasteiger partial charge in [0.2, 0.25) is 0 Å². The first-order valence-corrected chi connectivity index (χ1v) is 6.13. The molecule has 0 saturated carbocycles. The SMILES string of the molecule is CCCNC(=O)C(C)Oc1ccc(Cl)cc1C. The highest BCUT2D eigenvalue weighted by molar-refractivity contribution is 6.30. The smallest absolute Gasteiger partial charge is 0.260 e. The van der Waals surface area contributed by atoms with Gasteiger partial charge in [-0.3, -0.25) is 4.79 Å². The molecular weight excluding hydrogens is 238 g/mol. The van der Waals surface area contributed by atoms with Gasteiger partial charge >= 0.3 is 0 Å². The lowest BCUT2D eigenvalue weighted by Gasteiger charge is -2.16. The van der Waals surface area contributed by atoms with Crippen LogP contribution in [0, 0.1) is 6.92 Å². The summed E-state index contributed by atoms with van der Waals surface area (Å²) in [6.07, 6.45) is 0.416. The topological polar surface area (TPSA) is 38.3 Å². The quantitative estimate of drug-likeness (QED) is 0.879. The van der Waals surface area contributed by atoms with Gasteiger partial charge in [0.1, 0.15) is 5.75 Å². The summed E-state index contributed by atoms with van der Waals surface area (Å²) in [5.41, 5.74) is 0.924. The van der Waals surface area contributed by atoms with Crippen LogP contribution in [0.2, 0.25) is 5.02 Å². The molecule has 1 aromatic rings. The molecule has 1 aromatic carbocycles. The average molecular weight is 256 g/mol. The lowest BCUT2D eigenvalue weighted by Crippen LogP contribution is -2.36. The number of hydrogen-bond donors (Lipinski definition) is 1. The van der Waals surface area contributed by atoms with Crippen LogP contribution in [0.5, 0.6) is 5.75 Å². The van der Waals surface area contributed by atoms with E-state index in [0.717, 1.165) is 12.0 Å². The molecule has 1 rings (SSSR count). The Hall–Kier alpha value is -1.22. The van der Waals surface area contributed by atoms with Gasteiger partial charge in [0.25, 0.3) is 5.91 Å². The van der Waals surface area contributed by atoms with E-state index in [1.807, 2.05) is 19.9 Å². The van der Waals surface area contributed by atoms with Gasteiger partial charge in [-0.15, -0.1) is 0 Å². The molecule has 4 heteroatoms. The van der Waals surface area contributed by atoms with Gasteiger partial charge in [-0.25, -0.2) is 0 Å². The summed E-state index contributed by atoms with van der Waals surface area (Å²) < 4.78 is 5.59. The molecule has 0 heterocycles. The van der Waals surface area contributed by atoms with Gasteiger partial charge in [0, 0.05) is 11.6 Å². The summed E-state index contributed by atoms with van der Waals surface area (Å²) in [5, 5.41) is 3.46. The van der Waals surface area contributed by atoms with Gasteiger partial charge in [0.05, 0.1) is 0 Å². The Bertz CT molecular complexity index is 393. The van der Waals surface area contributed by atoms with E-state index in [9.17, 15) is 4.79 Å². The number of carbonyl (C=O) groups excluding carboxylic acids is 1. The standard InChI is InChI=1S/C13H18ClNO2/c1-4-7-15-13(16)10(3)17-12-6-5-11(14)8-9(12)2/h5-6,8,10H,4,7H2,1-3H3,(H,15,16). The van der Waals surface area contributed by atoms with Crippen LogP contribution in [0.3, 0.4) is 0 Å². The first kappa shape index (κ1) is 13.8. The van der Waals surface area contributed by atoms with Crippen molar-refractivity contribution in [2.24, 2.45) is 0 Å². The summed E-state index contributed by atoms with van der Waals surface area (Å²) in [6, 6.07) is 5.34. The van der Waals surface area contributed by atoms with Crippen LogP contribution in [0.15, 0.2) is 18.2 Å². The van der Waals surface area contributed by atoms with E-state index >= 15 is 0 Å². The van der Waals surface area contributed by atoms with Crippen LogP contribution < -0.4 is 10.1 Å². The van der Waals surface area contributed by atoms with Gasteiger partial charge in [0.15, 0.2) is 6.10 Å². The van der Waals surface area contributed by atoms with E-state index in [-0.39, 0.29) is 5.91 Å². The zero-order valence-corrected chi connectivity index (χ0v) is 11.2. The third-order valence-corrected chi connectivity index (χ3v) is 2.59. The van der Waals surface area contributed by atoms with E-state index < -0.39 is 6.10 Å². The number of benzene rings is 1. The fourth-order valence-corrected chi connectivity index (χ4v) is 1.61. The minimum Gasteiger partial charge on any atom is -0.481 e. The highest BCUT2D eigenvalue weighted by Gasteiger charge is 2.14. The van der Waals surface area contributed by atoms with Crippen molar-refractivity contribution >= 4 is 17.5 Å². The molecule has 1 N–H and O–H groups in total. The van der Waals surface area contributed by atoms with Crippen molar-refractivity contribution in [2.75, 3.05) is 6.54 Å². The van der Waals surface area contributed by atoms with Crippen LogP contribution in [0.1, 0.15) is 25.8 Å². The van der Waals surface area contributed by atoms with Crippen LogP contribution in [0.4, 0.5) is 0 Å². The summed E-state index contributed by atoms with van der Waals surface area (Å²) in [6.45, 7) is 6.32. The van der Waals surface area contributed by atoms with Crippen LogP contribution in [0.25, 0.3) is 0 Å². The largest absolute Gasteiger partial charge is 0.481 e. The van der Waals surface area contributed by atoms with E-state index in [1.165, 1.54) is 0 Å². The number of aryl methyl sites for hydroxylation is 1. The highest BCUT2D eigenvalue weighted by Crippen LogP contribution is 2.22. The van der Waals surface area contributed by atoms with Crippen LogP contribution >= 0.6 is 11.6 Å². The maximum absolute atomic E-state index is 11.6. The van der Waals surface area contributed by atoms with Crippen LogP contribution in [-0.4, -0.2) is 18.6 Å². The molecule has 0 bridgehead atoms. The Kier molecular flexibility index (Phi) is 5.29. The predicted octanol–water partition coefficient (Wildman–Crippen LogP) is 2.94. The molecule has 1 atom stereocenters. The van der Waals surface area contributed by atoms with E-state index in [2.05, 4.69) is 5.32 Å². The second kappa shape index (κ2) is 6.50. The van der Waals surface area contributed by atoms with E-state index in [1.54, 1.807) is 19.1 Å². The van der Waals surface area contributed by atoms with Crippen molar-refractivity contribution in [2.45, 2.75) is 33.3 Å². The number of carbonyl (C=O) groups is 1. The minimum atomic E-state index is -0.499. The Labute approximate surface area is 107 Å². The molecular formula is C13H18ClNO2. The molecule has 1 unspecified atom stereocenters. The van der Waals surface area contributed by atoms with Crippen LogP contribution in [-0.2, 0) is 4.79 Å². The molecule has 0 saturated heterocycles. The van der Waals surface area contributed by atoms with Crippen molar-refractivity contribution in [3.8, 4) is 5.75 Å². The molecule has 17 heavy (non-hydrogen) atoms. The maximum Gasteiger partial charge on any atom is 0.260 e. The summed E-state index contributed by atoms with van der Waals surface area (Å²) in [7, 11) is 0. The molecule has 0 aliphatic carbocycles. The van der Waals surface area contributed by atoms with Gasteiger partial charge in [-0.2, -0.15) is 0 Å². The first-order chi connectivity index (χ1) is 8.04. The van der Waals surface area contributed by atoms with Crippen molar-refractivity contribution < 1.29 is 9.53 Å². The zero-order chi connectivity index (χ0) is 12.8. The molecule has 0 fully saturated rings. The fourth-order valence-electron chi connectivity index (χ4n) is 1.38. The molecule has 0 aliphatic heterocycles. The highest BCUT2D eigenvalue weighted by atomic mass is 35.5. The average Bonchev–Trinajstić information content (AvgIpc) is 2.29. The predicted molar refractivity (Wildman–Crippen MR) is 69.6 cm³/mol. The molecule has 0 aliphatic rings. The second-order valence-corrected chi connectivity index (χ2v) is 4.40. The second-order valence-electron chi connectivity index (χ2n) is 3.96. The number of hydrogen-bond acceptors (Lipinski definition) is 2. The molecule has 0 aromatic heterocycles. The number of amides is 1. The number of halogens is 1. The Morgan fingerprint density at radius 3 is 2.82 bits per heavy atom. The van der Waals surface area contributed by atoms with E-state index in [0.29, 0.717) is 17.3 Å². The Morgan fingerprint density at radius 1 is 1.53 bits per heavy atom. The normalized spacial score (nSPS) is 12.0. The van der Waals surface area contributed by atoms with Crippen molar-refractivity contribution in [1.82, 2.24) is 5.32 Å². The van der Waals surface area contributed by atoms with Gasteiger partial charge < -0.3 is 10.1 Å². The first-order valence-electron chi connectivity index (χ1n) is 5.75. The summed E-state index contributed by atoms with van der Waals surface area (Å²) in [5.74, 6) is 0.592. The summed E-state index contributed by atoms with van der Waals surface area (Å²) in [4.78, 5) is 11.6. The monoisotopic (exact) mass is 255 g/mol.